The molecule has 0 radical (unpaired) electrons. The zero-order valence-corrected chi connectivity index (χ0v) is 14.5. The van der Waals surface area contributed by atoms with Crippen LogP contribution in [0, 0.1) is 5.82 Å². The van der Waals surface area contributed by atoms with Crippen molar-refractivity contribution in [2.75, 3.05) is 17.2 Å². The minimum absolute atomic E-state index is 0.0323. The molecule has 1 aromatic heterocycles. The number of rotatable bonds is 2. The van der Waals surface area contributed by atoms with E-state index in [1.54, 1.807) is 10.9 Å². The first-order chi connectivity index (χ1) is 12.7. The van der Waals surface area contributed by atoms with Crippen molar-refractivity contribution < 1.29 is 13.9 Å². The van der Waals surface area contributed by atoms with E-state index in [9.17, 15) is 9.18 Å². The number of nitrogens with zero attached hydrogens (tertiary/aromatic N) is 2. The predicted molar refractivity (Wildman–Crippen MR) is 95.4 cm³/mol. The van der Waals surface area contributed by atoms with Gasteiger partial charge >= 0.3 is 6.03 Å². The SMILES string of the molecule is O=C(Nc1cnn2c1OCCC2)Nc1c2c(c(F)c3c1CCC3)CCC2. The molecule has 26 heavy (non-hydrogen) atoms. The Balaban J connectivity index is 1.44. The number of hydrogen-bond donors (Lipinski definition) is 2. The molecule has 0 fully saturated rings. The van der Waals surface area contributed by atoms with Crippen LogP contribution < -0.4 is 15.4 Å². The van der Waals surface area contributed by atoms with Crippen LogP contribution in [-0.4, -0.2) is 22.4 Å². The van der Waals surface area contributed by atoms with Crippen LogP contribution >= 0.6 is 0 Å². The van der Waals surface area contributed by atoms with Gasteiger partial charge in [-0.2, -0.15) is 5.10 Å². The second-order valence-corrected chi connectivity index (χ2v) is 7.18. The molecule has 2 aliphatic carbocycles. The van der Waals surface area contributed by atoms with Crippen molar-refractivity contribution >= 4 is 17.4 Å². The smallest absolute Gasteiger partial charge is 0.323 e. The molecular formula is C19H21FN4O2. The van der Waals surface area contributed by atoms with Crippen LogP contribution in [0.15, 0.2) is 6.20 Å². The summed E-state index contributed by atoms with van der Waals surface area (Å²) in [7, 11) is 0. The molecule has 1 aromatic carbocycles. The van der Waals surface area contributed by atoms with Crippen molar-refractivity contribution in [3.63, 3.8) is 0 Å². The van der Waals surface area contributed by atoms with E-state index in [-0.39, 0.29) is 11.8 Å². The molecule has 2 aromatic rings. The highest BCUT2D eigenvalue weighted by Gasteiger charge is 2.30. The number of ether oxygens (including phenoxy) is 1. The number of carbonyl (C=O) groups excluding carboxylic acids is 1. The van der Waals surface area contributed by atoms with E-state index in [0.29, 0.717) is 18.2 Å². The molecule has 5 rings (SSSR count). The van der Waals surface area contributed by atoms with Gasteiger partial charge in [-0.25, -0.2) is 13.9 Å². The second kappa shape index (κ2) is 6.00. The number of aryl methyl sites for hydroxylation is 1. The number of amides is 2. The normalized spacial score (nSPS) is 17.3. The summed E-state index contributed by atoms with van der Waals surface area (Å²) < 4.78 is 22.1. The summed E-state index contributed by atoms with van der Waals surface area (Å²) in [6, 6.07) is -0.329. The van der Waals surface area contributed by atoms with Gasteiger partial charge in [0.1, 0.15) is 11.5 Å². The minimum atomic E-state index is -0.329. The number of carbonyl (C=O) groups is 1. The average Bonchev–Trinajstić information content (AvgIpc) is 3.38. The zero-order chi connectivity index (χ0) is 17.7. The van der Waals surface area contributed by atoms with E-state index in [2.05, 4.69) is 15.7 Å². The molecule has 2 heterocycles. The van der Waals surface area contributed by atoms with Crippen LogP contribution in [0.4, 0.5) is 20.6 Å². The predicted octanol–water partition coefficient (Wildman–Crippen LogP) is 3.43. The number of fused-ring (bicyclic) bond motifs is 3. The van der Waals surface area contributed by atoms with E-state index >= 15 is 0 Å². The molecule has 2 N–H and O–H groups in total. The molecule has 136 valence electrons. The van der Waals surface area contributed by atoms with Crippen LogP contribution in [0.3, 0.4) is 0 Å². The summed E-state index contributed by atoms with van der Waals surface area (Å²) >= 11 is 0. The van der Waals surface area contributed by atoms with Crippen molar-refractivity contribution in [3.8, 4) is 5.88 Å². The van der Waals surface area contributed by atoms with Gasteiger partial charge in [0.05, 0.1) is 12.8 Å². The standard InChI is InChI=1S/C19H21FN4O2/c20-16-11-4-1-6-13(11)17(14-7-2-5-12(14)16)23-19(25)22-15-10-21-24-8-3-9-26-18(15)24/h10H,1-9H2,(H2,22,23,25). The van der Waals surface area contributed by atoms with Gasteiger partial charge in [0.2, 0.25) is 5.88 Å². The fraction of sp³-hybridized carbons (Fsp3) is 0.474. The molecule has 1 aliphatic heterocycles. The van der Waals surface area contributed by atoms with E-state index < -0.39 is 0 Å². The Labute approximate surface area is 150 Å². The van der Waals surface area contributed by atoms with Crippen LogP contribution in [-0.2, 0) is 32.2 Å². The fourth-order valence-electron chi connectivity index (χ4n) is 4.46. The van der Waals surface area contributed by atoms with Gasteiger partial charge < -0.3 is 15.4 Å². The lowest BCUT2D eigenvalue weighted by molar-refractivity contribution is 0.231. The summed E-state index contributed by atoms with van der Waals surface area (Å²) in [6.07, 6.45) is 7.56. The van der Waals surface area contributed by atoms with Gasteiger partial charge in [-0.15, -0.1) is 0 Å². The second-order valence-electron chi connectivity index (χ2n) is 7.18. The van der Waals surface area contributed by atoms with Crippen LogP contribution in [0.2, 0.25) is 0 Å². The van der Waals surface area contributed by atoms with Crippen LogP contribution in [0.1, 0.15) is 41.5 Å². The number of halogens is 1. The molecule has 0 spiro atoms. The van der Waals surface area contributed by atoms with Crippen LogP contribution in [0.5, 0.6) is 5.88 Å². The summed E-state index contributed by atoms with van der Waals surface area (Å²) in [5, 5.41) is 10.1. The summed E-state index contributed by atoms with van der Waals surface area (Å²) in [5.74, 6) is 0.566. The Bertz CT molecular complexity index is 870. The highest BCUT2D eigenvalue weighted by atomic mass is 19.1. The van der Waals surface area contributed by atoms with E-state index in [4.69, 9.17) is 4.74 Å². The van der Waals surface area contributed by atoms with Gasteiger partial charge in [-0.3, -0.25) is 0 Å². The van der Waals surface area contributed by atoms with Crippen molar-refractivity contribution in [2.24, 2.45) is 0 Å². The third-order valence-corrected chi connectivity index (χ3v) is 5.60. The molecule has 0 bridgehead atoms. The molecular weight excluding hydrogens is 335 g/mol. The molecule has 2 amide bonds. The first-order valence-corrected chi connectivity index (χ1v) is 9.34. The Kier molecular flexibility index (Phi) is 3.62. The Morgan fingerprint density at radius 1 is 1.04 bits per heavy atom. The molecule has 0 atom stereocenters. The number of hydrogen-bond acceptors (Lipinski definition) is 3. The minimum Gasteiger partial charge on any atom is -0.476 e. The first-order valence-electron chi connectivity index (χ1n) is 9.34. The first kappa shape index (κ1) is 15.7. The van der Waals surface area contributed by atoms with E-state index in [0.717, 1.165) is 79.4 Å². The Hall–Kier alpha value is -2.57. The van der Waals surface area contributed by atoms with Crippen molar-refractivity contribution in [3.05, 3.63) is 34.3 Å². The van der Waals surface area contributed by atoms with Crippen molar-refractivity contribution in [2.45, 2.75) is 51.5 Å². The van der Waals surface area contributed by atoms with Gasteiger partial charge in [0, 0.05) is 18.7 Å². The number of urea groups is 1. The summed E-state index contributed by atoms with van der Waals surface area (Å²) in [5.41, 5.74) is 4.95. The topological polar surface area (TPSA) is 68.2 Å². The lowest BCUT2D eigenvalue weighted by atomic mass is 9.98. The third-order valence-electron chi connectivity index (χ3n) is 5.60. The van der Waals surface area contributed by atoms with Crippen molar-refractivity contribution in [1.82, 2.24) is 9.78 Å². The Morgan fingerprint density at radius 3 is 2.46 bits per heavy atom. The van der Waals surface area contributed by atoms with E-state index in [1.807, 2.05) is 0 Å². The molecule has 3 aliphatic rings. The monoisotopic (exact) mass is 356 g/mol. The molecule has 0 saturated heterocycles. The molecule has 0 unspecified atom stereocenters. The van der Waals surface area contributed by atoms with Crippen LogP contribution in [0.25, 0.3) is 0 Å². The fourth-order valence-corrected chi connectivity index (χ4v) is 4.46. The number of benzene rings is 1. The highest BCUT2D eigenvalue weighted by Crippen LogP contribution is 2.41. The highest BCUT2D eigenvalue weighted by molar-refractivity contribution is 6.01. The van der Waals surface area contributed by atoms with Gasteiger partial charge in [-0.05, 0) is 60.8 Å². The van der Waals surface area contributed by atoms with E-state index in [1.165, 1.54) is 0 Å². The molecule has 6 nitrogen and oxygen atoms in total. The number of anilines is 2. The van der Waals surface area contributed by atoms with Crippen molar-refractivity contribution in [1.29, 1.82) is 0 Å². The van der Waals surface area contributed by atoms with Gasteiger partial charge in [0.25, 0.3) is 0 Å². The maximum absolute atomic E-state index is 14.7. The quantitative estimate of drug-likeness (QED) is 0.866. The maximum atomic E-state index is 14.7. The largest absolute Gasteiger partial charge is 0.476 e. The summed E-state index contributed by atoms with van der Waals surface area (Å²) in [4.78, 5) is 12.6. The maximum Gasteiger partial charge on any atom is 0.323 e. The lowest BCUT2D eigenvalue weighted by Gasteiger charge is -2.18. The number of aromatic nitrogens is 2. The average molecular weight is 356 g/mol. The Morgan fingerprint density at radius 2 is 1.73 bits per heavy atom. The lowest BCUT2D eigenvalue weighted by Crippen LogP contribution is -2.23. The van der Waals surface area contributed by atoms with Gasteiger partial charge in [-0.1, -0.05) is 0 Å². The van der Waals surface area contributed by atoms with Gasteiger partial charge in [0.15, 0.2) is 0 Å². The third kappa shape index (κ3) is 2.37. The zero-order valence-electron chi connectivity index (χ0n) is 14.5. The summed E-state index contributed by atoms with van der Waals surface area (Å²) in [6.45, 7) is 1.42. The molecule has 0 saturated carbocycles. The number of nitrogens with one attached hydrogen (secondary N) is 2. The molecule has 7 heteroatoms.